The van der Waals surface area contributed by atoms with E-state index in [2.05, 4.69) is 0 Å². The Morgan fingerprint density at radius 1 is 1.00 bits per heavy atom. The fourth-order valence-corrected chi connectivity index (χ4v) is 0. The van der Waals surface area contributed by atoms with Gasteiger partial charge in [-0.2, -0.15) is 0 Å². The molecule has 0 unspecified atom stereocenters. The SMILES string of the molecule is O=C(O)O.[OH][Zr]([OH])([OH])[OH]. The van der Waals surface area contributed by atoms with Crippen LogP contribution in [-0.4, -0.2) is 29.1 Å². The first-order chi connectivity index (χ1) is 3.73. The Morgan fingerprint density at radius 2 is 1.00 bits per heavy atom. The molecule has 0 aliphatic heterocycles. The first-order valence-electron chi connectivity index (χ1n) is 1.55. The average molecular weight is 221 g/mol. The van der Waals surface area contributed by atoms with Gasteiger partial charge in [0.25, 0.3) is 0 Å². The van der Waals surface area contributed by atoms with Crippen LogP contribution in [0.1, 0.15) is 0 Å². The van der Waals surface area contributed by atoms with Crippen LogP contribution in [0.2, 0.25) is 0 Å². The summed E-state index contributed by atoms with van der Waals surface area (Å²) in [4.78, 5) is 8.56. The number of carboxylic acid groups (broad SMARTS) is 2. The summed E-state index contributed by atoms with van der Waals surface area (Å²) in [5, 5.41) is 13.9. The van der Waals surface area contributed by atoms with E-state index in [1.807, 2.05) is 0 Å². The monoisotopic (exact) mass is 220 g/mol. The number of hydrogen-bond donors (Lipinski definition) is 6. The van der Waals surface area contributed by atoms with Gasteiger partial charge in [-0.25, -0.2) is 4.79 Å². The van der Waals surface area contributed by atoms with E-state index >= 15 is 0 Å². The van der Waals surface area contributed by atoms with E-state index in [9.17, 15) is 0 Å². The first kappa shape index (κ1) is 11.7. The van der Waals surface area contributed by atoms with E-state index < -0.39 is 28.2 Å². The van der Waals surface area contributed by atoms with Gasteiger partial charge in [-0.3, -0.25) is 0 Å². The molecular formula is CH6O7Zr. The fraction of sp³-hybridized carbons (Fsp3) is 0. The molecular weight excluding hydrogens is 215 g/mol. The quantitative estimate of drug-likeness (QED) is 0.278. The topological polar surface area (TPSA) is 138 Å². The molecule has 0 rings (SSSR count). The van der Waals surface area contributed by atoms with E-state index in [1.165, 1.54) is 0 Å². The predicted molar refractivity (Wildman–Crippen MR) is 19.5 cm³/mol. The third kappa shape index (κ3) is 6060000. The zero-order valence-electron chi connectivity index (χ0n) is 4.09. The molecule has 0 saturated carbocycles. The van der Waals surface area contributed by atoms with Gasteiger partial charge < -0.3 is 10.2 Å². The molecule has 7 nitrogen and oxygen atoms in total. The molecule has 0 aliphatic carbocycles. The summed E-state index contributed by atoms with van der Waals surface area (Å²) in [6.45, 7) is 0. The van der Waals surface area contributed by atoms with Crippen molar-refractivity contribution in [1.29, 1.82) is 0 Å². The molecule has 0 radical (unpaired) electrons. The molecule has 0 spiro atoms. The van der Waals surface area contributed by atoms with Crippen LogP contribution in [0.5, 0.6) is 0 Å². The van der Waals surface area contributed by atoms with Crippen molar-refractivity contribution in [3.8, 4) is 0 Å². The van der Waals surface area contributed by atoms with E-state index in [1.54, 1.807) is 0 Å². The summed E-state index contributed by atoms with van der Waals surface area (Å²) in [6, 6.07) is 0. The Balaban J connectivity index is 0. The summed E-state index contributed by atoms with van der Waals surface area (Å²) in [7, 11) is 0. The molecule has 0 aliphatic rings. The zero-order chi connectivity index (χ0) is 8.08. The molecule has 0 aromatic rings. The van der Waals surface area contributed by atoms with E-state index in [0.29, 0.717) is 0 Å². The maximum absolute atomic E-state index is 8.56. The Hall–Kier alpha value is -0.00688. The number of rotatable bonds is 0. The summed E-state index contributed by atoms with van der Waals surface area (Å²) >= 11 is -5.18. The van der Waals surface area contributed by atoms with Crippen molar-refractivity contribution >= 4 is 6.16 Å². The summed E-state index contributed by atoms with van der Waals surface area (Å²) < 4.78 is 29.6. The van der Waals surface area contributed by atoms with Crippen LogP contribution in [-0.2, 0) is 22.0 Å². The Labute approximate surface area is 56.3 Å². The summed E-state index contributed by atoms with van der Waals surface area (Å²) in [5.74, 6) is 0. The van der Waals surface area contributed by atoms with Gasteiger partial charge in [-0.1, -0.05) is 0 Å². The molecule has 0 bridgehead atoms. The van der Waals surface area contributed by atoms with E-state index in [-0.39, 0.29) is 0 Å². The van der Waals surface area contributed by atoms with E-state index in [4.69, 9.17) is 27.7 Å². The average Bonchev–Trinajstić information content (AvgIpc) is 1.19. The molecule has 0 aromatic heterocycles. The second-order valence-electron chi connectivity index (χ2n) is 0.883. The number of hydrogen-bond acceptors (Lipinski definition) is 5. The normalized spacial score (nSPS) is 9.33. The van der Waals surface area contributed by atoms with Crippen LogP contribution >= 0.6 is 0 Å². The van der Waals surface area contributed by atoms with Crippen molar-refractivity contribution in [2.24, 2.45) is 0 Å². The van der Waals surface area contributed by atoms with Crippen molar-refractivity contribution in [3.05, 3.63) is 0 Å². The minimum absolute atomic E-state index is 1.83. The second kappa shape index (κ2) is 4.83. The van der Waals surface area contributed by atoms with Crippen LogP contribution in [0.4, 0.5) is 4.79 Å². The van der Waals surface area contributed by atoms with Crippen molar-refractivity contribution in [2.45, 2.75) is 0 Å². The first-order valence-corrected chi connectivity index (χ1v) is 5.94. The van der Waals surface area contributed by atoms with E-state index in [0.717, 1.165) is 0 Å². The zero-order valence-corrected chi connectivity index (χ0v) is 6.55. The van der Waals surface area contributed by atoms with Gasteiger partial charge in [0, 0.05) is 0 Å². The van der Waals surface area contributed by atoms with Crippen molar-refractivity contribution in [3.63, 3.8) is 0 Å². The van der Waals surface area contributed by atoms with Crippen molar-refractivity contribution in [1.82, 2.24) is 0 Å². The molecule has 0 aromatic carbocycles. The molecule has 0 heterocycles. The number of carbonyl (C=O) groups is 1. The van der Waals surface area contributed by atoms with Crippen LogP contribution in [0.15, 0.2) is 0 Å². The molecule has 0 atom stereocenters. The van der Waals surface area contributed by atoms with Gasteiger partial charge in [0.2, 0.25) is 0 Å². The van der Waals surface area contributed by atoms with Crippen molar-refractivity contribution < 1.29 is 49.8 Å². The van der Waals surface area contributed by atoms with Gasteiger partial charge in [0.05, 0.1) is 0 Å². The fourth-order valence-electron chi connectivity index (χ4n) is 0. The molecule has 8 heteroatoms. The second-order valence-corrected chi connectivity index (χ2v) is 3.83. The third-order valence-electron chi connectivity index (χ3n) is 0. The molecule has 56 valence electrons. The molecule has 0 fully saturated rings. The van der Waals surface area contributed by atoms with Gasteiger partial charge in [-0.05, 0) is 0 Å². The third-order valence-corrected chi connectivity index (χ3v) is 0. The summed E-state index contributed by atoms with van der Waals surface area (Å²) in [6.07, 6.45) is -1.83. The predicted octanol–water partition coefficient (Wildman–Crippen LogP) is -2.01. The van der Waals surface area contributed by atoms with Gasteiger partial charge in [0.1, 0.15) is 0 Å². The standard InChI is InChI=1S/CH2O3.4H2O.Zr/c2-1(3)4;;;;;/h(H2,2,3,4);4*1H2;/q;;;;;+4/p-4. The van der Waals surface area contributed by atoms with Gasteiger partial charge in [0.15, 0.2) is 0 Å². The van der Waals surface area contributed by atoms with Gasteiger partial charge >= 0.3 is 40.9 Å². The van der Waals surface area contributed by atoms with Crippen molar-refractivity contribution in [2.75, 3.05) is 0 Å². The van der Waals surface area contributed by atoms with Crippen LogP contribution in [0, 0.1) is 0 Å². The van der Waals surface area contributed by atoms with Crippen LogP contribution in [0.3, 0.4) is 0 Å². The Bertz CT molecular complexity index is 71.4. The van der Waals surface area contributed by atoms with Gasteiger partial charge in [-0.15, -0.1) is 0 Å². The molecule has 0 saturated heterocycles. The van der Waals surface area contributed by atoms with Crippen LogP contribution in [0.25, 0.3) is 0 Å². The maximum atomic E-state index is 8.56. The molecule has 0 amide bonds. The Morgan fingerprint density at radius 3 is 1.00 bits per heavy atom. The Kier molecular flexibility index (Phi) is 6.31. The molecule has 6 N–H and O–H groups in total. The minimum atomic E-state index is -5.18. The van der Waals surface area contributed by atoms with Crippen LogP contribution < -0.4 is 0 Å². The molecule has 9 heavy (non-hydrogen) atoms. The summed E-state index contributed by atoms with van der Waals surface area (Å²) in [5.41, 5.74) is 0.